The van der Waals surface area contributed by atoms with Crippen LogP contribution in [-0.4, -0.2) is 14.0 Å². The van der Waals surface area contributed by atoms with Crippen molar-refractivity contribution in [3.8, 4) is 5.69 Å². The van der Waals surface area contributed by atoms with Gasteiger partial charge >= 0.3 is 0 Å². The van der Waals surface area contributed by atoms with Gasteiger partial charge in [0.05, 0.1) is 22.1 Å². The van der Waals surface area contributed by atoms with E-state index < -0.39 is 0 Å². The Balaban J connectivity index is 1.44. The Labute approximate surface area is 217 Å². The van der Waals surface area contributed by atoms with Crippen LogP contribution in [0.15, 0.2) is 128 Å². The van der Waals surface area contributed by atoms with Crippen LogP contribution in [0.4, 0.5) is 0 Å². The molecule has 0 N–H and O–H groups in total. The Hall–Kier alpha value is -5.15. The maximum Gasteiger partial charge on any atom is 0.137 e. The Kier molecular flexibility index (Phi) is 3.79. The molecule has 3 aromatic heterocycles. The highest BCUT2D eigenvalue weighted by Gasteiger charge is 2.16. The average molecular weight is 484 g/mol. The fourth-order valence-corrected chi connectivity index (χ4v) is 6.44. The lowest BCUT2D eigenvalue weighted by Gasteiger charge is -2.13. The quantitative estimate of drug-likeness (QED) is 0.214. The van der Waals surface area contributed by atoms with E-state index in [2.05, 4.69) is 130 Å². The van der Waals surface area contributed by atoms with Gasteiger partial charge in [-0.15, -0.1) is 0 Å². The summed E-state index contributed by atoms with van der Waals surface area (Å²) in [6, 6.07) is 43.9. The zero-order valence-electron chi connectivity index (χ0n) is 20.5. The van der Waals surface area contributed by atoms with E-state index in [4.69, 9.17) is 4.98 Å². The zero-order valence-corrected chi connectivity index (χ0v) is 20.5. The lowest BCUT2D eigenvalue weighted by atomic mass is 9.94. The van der Waals surface area contributed by atoms with Gasteiger partial charge < -0.3 is 4.57 Å². The lowest BCUT2D eigenvalue weighted by Crippen LogP contribution is -1.95. The van der Waals surface area contributed by atoms with Crippen molar-refractivity contribution in [2.75, 3.05) is 0 Å². The standard InChI is InChI=1S/C35H21N3/c1-2-11-25-23(9-1)24-10-3-4-12-26(24)29-19-22(16-17-27(25)29)38-32-14-6-5-13-28(32)30-20-31-34(21-33(30)38)37-18-8-7-15-35(37)36-31/h1-21H. The molecule has 3 heterocycles. The average Bonchev–Trinajstić information content (AvgIpc) is 3.51. The van der Waals surface area contributed by atoms with Crippen LogP contribution < -0.4 is 0 Å². The van der Waals surface area contributed by atoms with Crippen LogP contribution in [0.1, 0.15) is 0 Å². The first-order valence-corrected chi connectivity index (χ1v) is 13.0. The van der Waals surface area contributed by atoms with Gasteiger partial charge in [0.2, 0.25) is 0 Å². The molecule has 0 unspecified atom stereocenters. The lowest BCUT2D eigenvalue weighted by molar-refractivity contribution is 1.18. The number of hydrogen-bond acceptors (Lipinski definition) is 1. The predicted octanol–water partition coefficient (Wildman–Crippen LogP) is 9.04. The third kappa shape index (κ3) is 2.55. The van der Waals surface area contributed by atoms with Crippen LogP contribution in [0.5, 0.6) is 0 Å². The molecule has 0 amide bonds. The number of fused-ring (bicyclic) bond motifs is 12. The smallest absolute Gasteiger partial charge is 0.137 e. The molecule has 38 heavy (non-hydrogen) atoms. The van der Waals surface area contributed by atoms with E-state index in [9.17, 15) is 0 Å². The monoisotopic (exact) mass is 483 g/mol. The largest absolute Gasteiger partial charge is 0.309 e. The van der Waals surface area contributed by atoms with E-state index in [0.717, 1.165) is 22.4 Å². The van der Waals surface area contributed by atoms with Crippen molar-refractivity contribution in [3.05, 3.63) is 128 Å². The summed E-state index contributed by atoms with van der Waals surface area (Å²) in [6.45, 7) is 0. The van der Waals surface area contributed by atoms with E-state index >= 15 is 0 Å². The zero-order chi connectivity index (χ0) is 24.8. The van der Waals surface area contributed by atoms with Crippen LogP contribution in [0.2, 0.25) is 0 Å². The molecule has 0 spiro atoms. The fourth-order valence-electron chi connectivity index (χ4n) is 6.44. The summed E-state index contributed by atoms with van der Waals surface area (Å²) in [7, 11) is 0. The SMILES string of the molecule is c1ccc2c(c1)c1ccccc1c1cc(-n3c4ccccc4c4cc5nc6ccccn6c5cc43)ccc21. The molecule has 3 heteroatoms. The highest BCUT2D eigenvalue weighted by molar-refractivity contribution is 6.25. The summed E-state index contributed by atoms with van der Waals surface area (Å²) in [4.78, 5) is 4.91. The van der Waals surface area contributed by atoms with Crippen LogP contribution in [0.25, 0.3) is 76.5 Å². The van der Waals surface area contributed by atoms with Crippen LogP contribution >= 0.6 is 0 Å². The Morgan fingerprint density at radius 1 is 0.421 bits per heavy atom. The summed E-state index contributed by atoms with van der Waals surface area (Å²) in [5.74, 6) is 0. The van der Waals surface area contributed by atoms with Crippen molar-refractivity contribution >= 4 is 70.8 Å². The highest BCUT2D eigenvalue weighted by atomic mass is 15.0. The first kappa shape index (κ1) is 20.0. The summed E-state index contributed by atoms with van der Waals surface area (Å²) in [5.41, 5.74) is 6.66. The van der Waals surface area contributed by atoms with Gasteiger partial charge in [-0.05, 0) is 74.8 Å². The maximum absolute atomic E-state index is 4.91. The van der Waals surface area contributed by atoms with Crippen molar-refractivity contribution in [2.24, 2.45) is 0 Å². The summed E-state index contributed by atoms with van der Waals surface area (Å²) < 4.78 is 4.59. The van der Waals surface area contributed by atoms with E-state index in [1.807, 2.05) is 6.07 Å². The minimum atomic E-state index is 0.968. The van der Waals surface area contributed by atoms with Gasteiger partial charge in [-0.25, -0.2) is 4.98 Å². The Morgan fingerprint density at radius 3 is 1.82 bits per heavy atom. The number of imidazole rings is 1. The van der Waals surface area contributed by atoms with Gasteiger partial charge in [0.25, 0.3) is 0 Å². The highest BCUT2D eigenvalue weighted by Crippen LogP contribution is 2.39. The molecule has 0 radical (unpaired) electrons. The maximum atomic E-state index is 4.91. The predicted molar refractivity (Wildman–Crippen MR) is 160 cm³/mol. The number of benzene rings is 6. The third-order valence-corrected chi connectivity index (χ3v) is 8.09. The molecular formula is C35H21N3. The van der Waals surface area contributed by atoms with Gasteiger partial charge in [-0.3, -0.25) is 4.40 Å². The molecule has 9 rings (SSSR count). The summed E-state index contributed by atoms with van der Waals surface area (Å²) >= 11 is 0. The second-order valence-corrected chi connectivity index (χ2v) is 10.1. The molecule has 0 aliphatic carbocycles. The second-order valence-electron chi connectivity index (χ2n) is 10.1. The molecule has 0 fully saturated rings. The van der Waals surface area contributed by atoms with Gasteiger partial charge in [-0.2, -0.15) is 0 Å². The van der Waals surface area contributed by atoms with Crippen LogP contribution in [-0.2, 0) is 0 Å². The fraction of sp³-hybridized carbons (Fsp3) is 0. The van der Waals surface area contributed by atoms with Crippen molar-refractivity contribution in [1.82, 2.24) is 14.0 Å². The van der Waals surface area contributed by atoms with Crippen molar-refractivity contribution in [3.63, 3.8) is 0 Å². The molecule has 176 valence electrons. The van der Waals surface area contributed by atoms with Gasteiger partial charge in [0.15, 0.2) is 0 Å². The minimum absolute atomic E-state index is 0.968. The number of pyridine rings is 1. The van der Waals surface area contributed by atoms with E-state index in [-0.39, 0.29) is 0 Å². The van der Waals surface area contributed by atoms with E-state index in [0.29, 0.717) is 0 Å². The molecule has 9 aromatic rings. The van der Waals surface area contributed by atoms with Crippen molar-refractivity contribution < 1.29 is 0 Å². The molecule has 0 aliphatic rings. The van der Waals surface area contributed by atoms with Crippen molar-refractivity contribution in [2.45, 2.75) is 0 Å². The Bertz CT molecular complexity index is 2370. The van der Waals surface area contributed by atoms with Crippen molar-refractivity contribution in [1.29, 1.82) is 0 Å². The normalized spacial score (nSPS) is 12.2. The van der Waals surface area contributed by atoms with Crippen LogP contribution in [0.3, 0.4) is 0 Å². The molecule has 0 saturated heterocycles. The molecule has 0 saturated carbocycles. The third-order valence-electron chi connectivity index (χ3n) is 8.09. The minimum Gasteiger partial charge on any atom is -0.309 e. The molecule has 0 bridgehead atoms. The van der Waals surface area contributed by atoms with Gasteiger partial charge in [-0.1, -0.05) is 78.9 Å². The summed E-state index contributed by atoms with van der Waals surface area (Å²) in [5, 5.41) is 10.2. The first-order chi connectivity index (χ1) is 18.8. The molecule has 0 atom stereocenters. The van der Waals surface area contributed by atoms with E-state index in [1.165, 1.54) is 54.1 Å². The number of rotatable bonds is 1. The van der Waals surface area contributed by atoms with E-state index in [1.54, 1.807) is 0 Å². The van der Waals surface area contributed by atoms with Crippen LogP contribution in [0, 0.1) is 0 Å². The molecule has 3 nitrogen and oxygen atoms in total. The van der Waals surface area contributed by atoms with Gasteiger partial charge in [0, 0.05) is 22.7 Å². The number of aromatic nitrogens is 3. The molecular weight excluding hydrogens is 462 g/mol. The Morgan fingerprint density at radius 2 is 1.05 bits per heavy atom. The topological polar surface area (TPSA) is 22.2 Å². The number of para-hydroxylation sites is 1. The molecule has 0 aliphatic heterocycles. The first-order valence-electron chi connectivity index (χ1n) is 13.0. The van der Waals surface area contributed by atoms with Gasteiger partial charge in [0.1, 0.15) is 5.65 Å². The summed E-state index contributed by atoms with van der Waals surface area (Å²) in [6.07, 6.45) is 2.09. The number of hydrogen-bond donors (Lipinski definition) is 0. The number of nitrogens with zero attached hydrogens (tertiary/aromatic N) is 3. The molecule has 6 aromatic carbocycles. The second kappa shape index (κ2) is 7.21.